The Morgan fingerprint density at radius 1 is 1.22 bits per heavy atom. The first-order valence-electron chi connectivity index (χ1n) is 5.15. The molecule has 0 N–H and O–H groups in total. The lowest BCUT2D eigenvalue weighted by molar-refractivity contribution is 0.0987. The summed E-state index contributed by atoms with van der Waals surface area (Å²) in [6, 6.07) is 6.91. The van der Waals surface area contributed by atoms with Gasteiger partial charge in [-0.15, -0.1) is 0 Å². The standard InChI is InChI=1S/C13H8BrF2NO/c14-9-2-1-8(11(16)6-9)5-13(18)12-4-3-10(15)7-17-12/h1-4,6-7H,5H2. The van der Waals surface area contributed by atoms with E-state index in [9.17, 15) is 13.6 Å². The zero-order valence-electron chi connectivity index (χ0n) is 9.16. The minimum atomic E-state index is -0.513. The summed E-state index contributed by atoms with van der Waals surface area (Å²) >= 11 is 3.14. The van der Waals surface area contributed by atoms with Crippen LogP contribution in [-0.4, -0.2) is 10.8 Å². The third-order valence-corrected chi connectivity index (χ3v) is 2.87. The average molecular weight is 312 g/mol. The van der Waals surface area contributed by atoms with Crippen LogP contribution in [0.2, 0.25) is 0 Å². The monoisotopic (exact) mass is 311 g/mol. The van der Waals surface area contributed by atoms with Crippen LogP contribution in [0.25, 0.3) is 0 Å². The molecule has 0 aliphatic carbocycles. The number of hydrogen-bond donors (Lipinski definition) is 0. The SMILES string of the molecule is O=C(Cc1ccc(Br)cc1F)c1ccc(F)cn1. The van der Waals surface area contributed by atoms with Crippen molar-refractivity contribution in [1.29, 1.82) is 0 Å². The molecule has 1 heterocycles. The molecule has 0 saturated heterocycles. The third kappa shape index (κ3) is 2.98. The second-order valence-electron chi connectivity index (χ2n) is 3.70. The van der Waals surface area contributed by atoms with Crippen LogP contribution >= 0.6 is 15.9 Å². The van der Waals surface area contributed by atoms with E-state index in [0.29, 0.717) is 4.47 Å². The van der Waals surface area contributed by atoms with Crippen LogP contribution in [0, 0.1) is 11.6 Å². The highest BCUT2D eigenvalue weighted by atomic mass is 79.9. The summed E-state index contributed by atoms with van der Waals surface area (Å²) in [5.41, 5.74) is 0.410. The molecule has 2 rings (SSSR count). The maximum absolute atomic E-state index is 13.5. The molecule has 0 spiro atoms. The molecule has 0 bridgehead atoms. The lowest BCUT2D eigenvalue weighted by Gasteiger charge is -2.03. The zero-order valence-corrected chi connectivity index (χ0v) is 10.7. The van der Waals surface area contributed by atoms with Crippen LogP contribution in [-0.2, 0) is 6.42 Å². The smallest absolute Gasteiger partial charge is 0.185 e. The highest BCUT2D eigenvalue weighted by molar-refractivity contribution is 9.10. The van der Waals surface area contributed by atoms with Gasteiger partial charge in [-0.25, -0.2) is 8.78 Å². The maximum Gasteiger partial charge on any atom is 0.185 e. The minimum Gasteiger partial charge on any atom is -0.292 e. The fourth-order valence-corrected chi connectivity index (χ4v) is 1.80. The van der Waals surface area contributed by atoms with Gasteiger partial charge in [0.1, 0.15) is 17.3 Å². The molecule has 0 aliphatic rings. The van der Waals surface area contributed by atoms with E-state index in [2.05, 4.69) is 20.9 Å². The highest BCUT2D eigenvalue weighted by Crippen LogP contribution is 2.16. The second kappa shape index (κ2) is 5.35. The number of nitrogens with zero attached hydrogens (tertiary/aromatic N) is 1. The zero-order chi connectivity index (χ0) is 13.1. The number of ketones is 1. The van der Waals surface area contributed by atoms with Crippen LogP contribution in [0.15, 0.2) is 41.0 Å². The number of aromatic nitrogens is 1. The summed E-state index contributed by atoms with van der Waals surface area (Å²) in [4.78, 5) is 15.5. The Bertz CT molecular complexity index is 584. The average Bonchev–Trinajstić information content (AvgIpc) is 2.33. The van der Waals surface area contributed by atoms with Crippen LogP contribution < -0.4 is 0 Å². The summed E-state index contributed by atoms with van der Waals surface area (Å²) in [7, 11) is 0. The van der Waals surface area contributed by atoms with E-state index in [4.69, 9.17) is 0 Å². The maximum atomic E-state index is 13.5. The molecule has 1 aromatic heterocycles. The molecule has 0 saturated carbocycles. The van der Waals surface area contributed by atoms with Crippen molar-refractivity contribution >= 4 is 21.7 Å². The fraction of sp³-hybridized carbons (Fsp3) is 0.0769. The molecule has 2 nitrogen and oxygen atoms in total. The van der Waals surface area contributed by atoms with Gasteiger partial charge in [0.2, 0.25) is 0 Å². The molecule has 0 atom stereocenters. The van der Waals surface area contributed by atoms with Gasteiger partial charge in [-0.3, -0.25) is 9.78 Å². The first-order valence-corrected chi connectivity index (χ1v) is 5.94. The fourth-order valence-electron chi connectivity index (χ4n) is 1.47. The van der Waals surface area contributed by atoms with Gasteiger partial charge >= 0.3 is 0 Å². The van der Waals surface area contributed by atoms with Gasteiger partial charge in [0.25, 0.3) is 0 Å². The van der Waals surface area contributed by atoms with Gasteiger partial charge in [-0.2, -0.15) is 0 Å². The Morgan fingerprint density at radius 3 is 2.61 bits per heavy atom. The molecular formula is C13H8BrF2NO. The van der Waals surface area contributed by atoms with Crippen molar-refractivity contribution in [2.24, 2.45) is 0 Å². The van der Waals surface area contributed by atoms with Crippen LogP contribution in [0.4, 0.5) is 8.78 Å². The van der Waals surface area contributed by atoms with Crippen LogP contribution in [0.5, 0.6) is 0 Å². The summed E-state index contributed by atoms with van der Waals surface area (Å²) < 4.78 is 26.8. The minimum absolute atomic E-state index is 0.0995. The van der Waals surface area contributed by atoms with E-state index in [1.54, 1.807) is 6.07 Å². The van der Waals surface area contributed by atoms with Crippen LogP contribution in [0.1, 0.15) is 16.1 Å². The van der Waals surface area contributed by atoms with Crippen molar-refractivity contribution < 1.29 is 13.6 Å². The number of hydrogen-bond acceptors (Lipinski definition) is 2. The van der Waals surface area contributed by atoms with Crippen LogP contribution in [0.3, 0.4) is 0 Å². The second-order valence-corrected chi connectivity index (χ2v) is 4.61. The molecule has 18 heavy (non-hydrogen) atoms. The summed E-state index contributed by atoms with van der Waals surface area (Å²) in [6.07, 6.45) is 0.864. The van der Waals surface area contributed by atoms with Gasteiger partial charge in [0, 0.05) is 10.9 Å². The first kappa shape index (κ1) is 12.8. The number of Topliss-reactive ketones (excluding diaryl/α,β-unsaturated/α-hetero) is 1. The van der Waals surface area contributed by atoms with E-state index in [-0.39, 0.29) is 23.5 Å². The number of carbonyl (C=O) groups is 1. The van der Waals surface area contributed by atoms with Crippen molar-refractivity contribution in [3.05, 3.63) is 63.9 Å². The van der Waals surface area contributed by atoms with Gasteiger partial charge in [-0.05, 0) is 29.8 Å². The number of halogens is 3. The van der Waals surface area contributed by atoms with Gasteiger partial charge in [0.15, 0.2) is 5.78 Å². The molecule has 92 valence electrons. The van der Waals surface area contributed by atoms with E-state index in [1.807, 2.05) is 0 Å². The molecule has 0 radical (unpaired) electrons. The lowest BCUT2D eigenvalue weighted by atomic mass is 10.1. The predicted octanol–water partition coefficient (Wildman–Crippen LogP) is 3.55. The molecule has 1 aromatic carbocycles. The largest absolute Gasteiger partial charge is 0.292 e. The van der Waals surface area contributed by atoms with E-state index in [0.717, 1.165) is 12.3 Å². The summed E-state index contributed by atoms with van der Waals surface area (Å²) in [5.74, 6) is -1.32. The topological polar surface area (TPSA) is 30.0 Å². The van der Waals surface area contributed by atoms with E-state index in [1.165, 1.54) is 18.2 Å². The van der Waals surface area contributed by atoms with Crippen molar-refractivity contribution in [2.45, 2.75) is 6.42 Å². The predicted molar refractivity (Wildman–Crippen MR) is 66.3 cm³/mol. The molecule has 0 unspecified atom stereocenters. The first-order chi connectivity index (χ1) is 8.56. The number of carbonyl (C=O) groups excluding carboxylic acids is 1. The van der Waals surface area contributed by atoms with Crippen molar-refractivity contribution in [1.82, 2.24) is 4.98 Å². The Morgan fingerprint density at radius 2 is 2.00 bits per heavy atom. The Kier molecular flexibility index (Phi) is 3.81. The molecular weight excluding hydrogens is 304 g/mol. The third-order valence-electron chi connectivity index (χ3n) is 2.38. The van der Waals surface area contributed by atoms with Gasteiger partial charge in [-0.1, -0.05) is 22.0 Å². The lowest BCUT2D eigenvalue weighted by Crippen LogP contribution is -2.07. The number of benzene rings is 1. The normalized spacial score (nSPS) is 10.4. The summed E-state index contributed by atoms with van der Waals surface area (Å²) in [5, 5.41) is 0. The molecule has 0 fully saturated rings. The van der Waals surface area contributed by atoms with Crippen molar-refractivity contribution in [3.63, 3.8) is 0 Å². The molecule has 5 heteroatoms. The van der Waals surface area contributed by atoms with E-state index < -0.39 is 11.6 Å². The Balaban J connectivity index is 2.18. The quantitative estimate of drug-likeness (QED) is 0.811. The highest BCUT2D eigenvalue weighted by Gasteiger charge is 2.12. The van der Waals surface area contributed by atoms with Crippen molar-refractivity contribution in [2.75, 3.05) is 0 Å². The van der Waals surface area contributed by atoms with E-state index >= 15 is 0 Å². The number of pyridine rings is 1. The molecule has 2 aromatic rings. The van der Waals surface area contributed by atoms with Gasteiger partial charge in [0.05, 0.1) is 6.20 Å². The molecule has 0 amide bonds. The molecule has 0 aliphatic heterocycles. The Labute approximate surface area is 111 Å². The Hall–Kier alpha value is -1.62. The summed E-state index contributed by atoms with van der Waals surface area (Å²) in [6.45, 7) is 0. The van der Waals surface area contributed by atoms with Crippen molar-refractivity contribution in [3.8, 4) is 0 Å². The van der Waals surface area contributed by atoms with Gasteiger partial charge < -0.3 is 0 Å². The number of rotatable bonds is 3.